The Morgan fingerprint density at radius 2 is 2.06 bits per heavy atom. The number of methoxy groups -OCH3 is 2. The lowest BCUT2D eigenvalue weighted by molar-refractivity contribution is -0.152. The molecule has 0 bridgehead atoms. The molecule has 0 aliphatic carbocycles. The van der Waals surface area contributed by atoms with Crippen molar-refractivity contribution in [2.75, 3.05) is 14.2 Å². The number of esters is 1. The van der Waals surface area contributed by atoms with E-state index in [4.69, 9.17) is 9.47 Å². The number of carbonyl (C=O) groups excluding carboxylic acids is 1. The first-order chi connectivity index (χ1) is 7.77. The highest BCUT2D eigenvalue weighted by atomic mass is 16.6. The summed E-state index contributed by atoms with van der Waals surface area (Å²) in [6.45, 7) is 0. The molecule has 1 aromatic carbocycles. The minimum atomic E-state index is -0.679. The Hall–Kier alpha value is -1.81. The van der Waals surface area contributed by atoms with E-state index in [-0.39, 0.29) is 0 Å². The summed E-state index contributed by atoms with van der Waals surface area (Å²) in [5, 5.41) is 0.972. The van der Waals surface area contributed by atoms with Gasteiger partial charge in [0, 0.05) is 29.8 Å². The molecule has 2 aromatic rings. The lowest BCUT2D eigenvalue weighted by atomic mass is 10.1. The molecule has 0 saturated heterocycles. The molecule has 1 heterocycles. The summed E-state index contributed by atoms with van der Waals surface area (Å²) < 4.78 is 9.86. The van der Waals surface area contributed by atoms with Crippen LogP contribution in [0.2, 0.25) is 0 Å². The molecule has 0 saturated carbocycles. The van der Waals surface area contributed by atoms with Crippen LogP contribution in [0.4, 0.5) is 0 Å². The molecule has 4 nitrogen and oxygen atoms in total. The topological polar surface area (TPSA) is 51.3 Å². The van der Waals surface area contributed by atoms with E-state index in [1.165, 1.54) is 14.2 Å². The van der Waals surface area contributed by atoms with Crippen LogP contribution in [0.3, 0.4) is 0 Å². The largest absolute Gasteiger partial charge is 0.467 e. The third kappa shape index (κ3) is 1.67. The van der Waals surface area contributed by atoms with Gasteiger partial charge in [0.05, 0.1) is 7.11 Å². The fourth-order valence-corrected chi connectivity index (χ4v) is 1.77. The van der Waals surface area contributed by atoms with Crippen LogP contribution in [0, 0.1) is 0 Å². The minimum absolute atomic E-state index is 0.396. The second-order valence-electron chi connectivity index (χ2n) is 3.43. The molecule has 1 unspecified atom stereocenters. The first-order valence-electron chi connectivity index (χ1n) is 4.94. The Kier molecular flexibility index (Phi) is 2.92. The van der Waals surface area contributed by atoms with E-state index in [1.54, 1.807) is 6.20 Å². The van der Waals surface area contributed by atoms with Crippen LogP contribution < -0.4 is 0 Å². The Balaban J connectivity index is 2.49. The lowest BCUT2D eigenvalue weighted by Gasteiger charge is -2.11. The number of fused-ring (bicyclic) bond motifs is 1. The third-order valence-corrected chi connectivity index (χ3v) is 2.55. The molecule has 1 N–H and O–H groups in total. The Labute approximate surface area is 93.2 Å². The van der Waals surface area contributed by atoms with Crippen LogP contribution >= 0.6 is 0 Å². The van der Waals surface area contributed by atoms with Crippen molar-refractivity contribution in [1.82, 2.24) is 4.98 Å². The zero-order valence-electron chi connectivity index (χ0n) is 9.19. The average molecular weight is 219 g/mol. The highest BCUT2D eigenvalue weighted by Gasteiger charge is 2.23. The zero-order chi connectivity index (χ0) is 11.5. The van der Waals surface area contributed by atoms with Gasteiger partial charge in [-0.15, -0.1) is 0 Å². The monoisotopic (exact) mass is 219 g/mol. The predicted octanol–water partition coefficient (Wildman–Crippen LogP) is 2.03. The predicted molar refractivity (Wildman–Crippen MR) is 60.1 cm³/mol. The number of aromatic nitrogens is 1. The first-order valence-corrected chi connectivity index (χ1v) is 4.94. The summed E-state index contributed by atoms with van der Waals surface area (Å²) in [4.78, 5) is 14.6. The number of hydrogen-bond acceptors (Lipinski definition) is 3. The van der Waals surface area contributed by atoms with Gasteiger partial charge in [-0.25, -0.2) is 4.79 Å². The maximum Gasteiger partial charge on any atom is 0.339 e. The van der Waals surface area contributed by atoms with Gasteiger partial charge in [0.25, 0.3) is 0 Å². The molecule has 0 spiro atoms. The van der Waals surface area contributed by atoms with Gasteiger partial charge in [0.1, 0.15) is 0 Å². The smallest absolute Gasteiger partial charge is 0.339 e. The van der Waals surface area contributed by atoms with Crippen molar-refractivity contribution in [3.05, 3.63) is 36.0 Å². The van der Waals surface area contributed by atoms with E-state index in [0.717, 1.165) is 16.5 Å². The highest BCUT2D eigenvalue weighted by molar-refractivity contribution is 5.89. The minimum Gasteiger partial charge on any atom is -0.467 e. The van der Waals surface area contributed by atoms with E-state index >= 15 is 0 Å². The highest BCUT2D eigenvalue weighted by Crippen LogP contribution is 2.26. The number of aromatic amines is 1. The van der Waals surface area contributed by atoms with Gasteiger partial charge in [-0.3, -0.25) is 0 Å². The normalized spacial score (nSPS) is 12.6. The summed E-state index contributed by atoms with van der Waals surface area (Å²) in [6.07, 6.45) is 1.09. The molecule has 1 aromatic heterocycles. The van der Waals surface area contributed by atoms with E-state index < -0.39 is 12.1 Å². The molecular weight excluding hydrogens is 206 g/mol. The second-order valence-corrected chi connectivity index (χ2v) is 3.43. The number of carbonyl (C=O) groups is 1. The second kappa shape index (κ2) is 4.37. The standard InChI is InChI=1S/C12H13NO3/c1-15-11(12(14)16-2)9-7-13-10-6-4-3-5-8(9)10/h3-7,11,13H,1-2H3. The summed E-state index contributed by atoms with van der Waals surface area (Å²) in [7, 11) is 2.84. The maximum atomic E-state index is 11.5. The number of nitrogens with one attached hydrogen (secondary N) is 1. The van der Waals surface area contributed by atoms with Gasteiger partial charge in [-0.05, 0) is 6.07 Å². The number of rotatable bonds is 3. The molecule has 1 atom stereocenters. The van der Waals surface area contributed by atoms with Crippen molar-refractivity contribution in [3.8, 4) is 0 Å². The van der Waals surface area contributed by atoms with E-state index in [2.05, 4.69) is 4.98 Å². The van der Waals surface area contributed by atoms with E-state index in [9.17, 15) is 4.79 Å². The van der Waals surface area contributed by atoms with Crippen LogP contribution in [0.5, 0.6) is 0 Å². The summed E-state index contributed by atoms with van der Waals surface area (Å²) in [6, 6.07) is 7.74. The number of para-hydroxylation sites is 1. The maximum absolute atomic E-state index is 11.5. The average Bonchev–Trinajstić information content (AvgIpc) is 2.74. The molecule has 0 radical (unpaired) electrons. The van der Waals surface area contributed by atoms with Crippen LogP contribution in [-0.4, -0.2) is 25.2 Å². The first kappa shape index (κ1) is 10.7. The zero-order valence-corrected chi connectivity index (χ0v) is 9.19. The summed E-state index contributed by atoms with van der Waals surface area (Å²) in [5.41, 5.74) is 1.77. The molecule has 0 fully saturated rings. The number of benzene rings is 1. The lowest BCUT2D eigenvalue weighted by Crippen LogP contribution is -2.15. The van der Waals surface area contributed by atoms with Gasteiger partial charge >= 0.3 is 5.97 Å². The Bertz CT molecular complexity index is 504. The number of H-pyrrole nitrogens is 1. The molecule has 16 heavy (non-hydrogen) atoms. The Morgan fingerprint density at radius 3 is 2.75 bits per heavy atom. The van der Waals surface area contributed by atoms with Gasteiger partial charge in [0.15, 0.2) is 6.10 Å². The van der Waals surface area contributed by atoms with Gasteiger partial charge < -0.3 is 14.5 Å². The van der Waals surface area contributed by atoms with E-state index in [0.29, 0.717) is 0 Å². The fourth-order valence-electron chi connectivity index (χ4n) is 1.77. The molecule has 4 heteroatoms. The number of ether oxygens (including phenoxy) is 2. The van der Waals surface area contributed by atoms with Crippen LogP contribution in [0.1, 0.15) is 11.7 Å². The molecule has 0 amide bonds. The third-order valence-electron chi connectivity index (χ3n) is 2.55. The quantitative estimate of drug-likeness (QED) is 0.803. The molecule has 84 valence electrons. The van der Waals surface area contributed by atoms with Crippen molar-refractivity contribution < 1.29 is 14.3 Å². The van der Waals surface area contributed by atoms with E-state index in [1.807, 2.05) is 24.3 Å². The van der Waals surface area contributed by atoms with Crippen LogP contribution in [0.15, 0.2) is 30.5 Å². The van der Waals surface area contributed by atoms with Crippen molar-refractivity contribution >= 4 is 16.9 Å². The van der Waals surface area contributed by atoms with Gasteiger partial charge in [0.2, 0.25) is 0 Å². The SMILES string of the molecule is COC(=O)C(OC)c1c[nH]c2ccccc12. The van der Waals surface area contributed by atoms with Crippen LogP contribution in [0.25, 0.3) is 10.9 Å². The van der Waals surface area contributed by atoms with Crippen molar-refractivity contribution in [2.45, 2.75) is 6.10 Å². The van der Waals surface area contributed by atoms with Crippen molar-refractivity contribution in [3.63, 3.8) is 0 Å². The van der Waals surface area contributed by atoms with Gasteiger partial charge in [-0.2, -0.15) is 0 Å². The van der Waals surface area contributed by atoms with Crippen molar-refractivity contribution in [1.29, 1.82) is 0 Å². The molecule has 0 aliphatic rings. The number of hydrogen-bond donors (Lipinski definition) is 1. The Morgan fingerprint density at radius 1 is 1.31 bits per heavy atom. The van der Waals surface area contributed by atoms with Crippen molar-refractivity contribution in [2.24, 2.45) is 0 Å². The van der Waals surface area contributed by atoms with Gasteiger partial charge in [-0.1, -0.05) is 18.2 Å². The summed E-state index contributed by atoms with van der Waals surface area (Å²) in [5.74, 6) is -0.396. The van der Waals surface area contributed by atoms with Crippen LogP contribution in [-0.2, 0) is 14.3 Å². The summed E-state index contributed by atoms with van der Waals surface area (Å²) >= 11 is 0. The molecule has 0 aliphatic heterocycles. The molecular formula is C12H13NO3. The molecule has 2 rings (SSSR count). The fraction of sp³-hybridized carbons (Fsp3) is 0.250.